The number of alkyl halides is 3. The fourth-order valence-corrected chi connectivity index (χ4v) is 2.14. The molecule has 0 aliphatic carbocycles. The van der Waals surface area contributed by atoms with Crippen LogP contribution >= 0.6 is 11.6 Å². The predicted molar refractivity (Wildman–Crippen MR) is 69.6 cm³/mol. The van der Waals surface area contributed by atoms with Gasteiger partial charge in [-0.25, -0.2) is 9.78 Å². The molecule has 21 heavy (non-hydrogen) atoms. The summed E-state index contributed by atoms with van der Waals surface area (Å²) in [4.78, 5) is 15.1. The number of aromatic nitrogens is 1. The zero-order valence-corrected chi connectivity index (χ0v) is 11.7. The first-order chi connectivity index (χ1) is 9.79. The van der Waals surface area contributed by atoms with Crippen molar-refractivity contribution in [2.45, 2.75) is 6.18 Å². The number of carbonyl (C=O) groups excluding carboxylic acids is 1. The topological polar surface area (TPSA) is 48.4 Å². The minimum Gasteiger partial charge on any atom is -0.497 e. The van der Waals surface area contributed by atoms with Crippen LogP contribution in [0.25, 0.3) is 10.9 Å². The van der Waals surface area contributed by atoms with Gasteiger partial charge in [-0.1, -0.05) is 11.6 Å². The maximum atomic E-state index is 13.0. The smallest absolute Gasteiger partial charge is 0.434 e. The Morgan fingerprint density at radius 3 is 2.48 bits per heavy atom. The SMILES string of the molecule is COC(=O)c1c(C(F)(F)F)nc2ccc(OC)cc2c1Cl. The number of nitrogens with zero attached hydrogens (tertiary/aromatic N) is 1. The van der Waals surface area contributed by atoms with Crippen molar-refractivity contribution in [2.24, 2.45) is 0 Å². The van der Waals surface area contributed by atoms with E-state index in [0.717, 1.165) is 7.11 Å². The highest BCUT2D eigenvalue weighted by Crippen LogP contribution is 2.38. The Morgan fingerprint density at radius 2 is 1.95 bits per heavy atom. The molecule has 0 amide bonds. The van der Waals surface area contributed by atoms with Crippen LogP contribution in [0.5, 0.6) is 5.75 Å². The number of pyridine rings is 1. The lowest BCUT2D eigenvalue weighted by atomic mass is 10.1. The number of benzene rings is 1. The second kappa shape index (κ2) is 5.40. The van der Waals surface area contributed by atoms with Crippen molar-refractivity contribution in [3.05, 3.63) is 34.5 Å². The van der Waals surface area contributed by atoms with Crippen LogP contribution in [0.3, 0.4) is 0 Å². The summed E-state index contributed by atoms with van der Waals surface area (Å²) in [6.07, 6.45) is -4.83. The Hall–Kier alpha value is -2.02. The maximum Gasteiger partial charge on any atom is 0.434 e. The van der Waals surface area contributed by atoms with E-state index in [1.54, 1.807) is 0 Å². The van der Waals surface area contributed by atoms with Crippen molar-refractivity contribution in [3.8, 4) is 5.75 Å². The third-order valence-corrected chi connectivity index (χ3v) is 3.18. The number of methoxy groups -OCH3 is 2. The number of hydrogen-bond acceptors (Lipinski definition) is 4. The molecule has 0 bridgehead atoms. The Bertz CT molecular complexity index is 716. The molecule has 112 valence electrons. The van der Waals surface area contributed by atoms with Gasteiger partial charge in [-0.05, 0) is 18.2 Å². The van der Waals surface area contributed by atoms with E-state index in [9.17, 15) is 18.0 Å². The number of ether oxygens (including phenoxy) is 2. The van der Waals surface area contributed by atoms with Gasteiger partial charge in [-0.2, -0.15) is 13.2 Å². The molecule has 0 aliphatic heterocycles. The molecular formula is C13H9ClF3NO3. The number of carbonyl (C=O) groups is 1. The summed E-state index contributed by atoms with van der Waals surface area (Å²) in [6, 6.07) is 4.18. The van der Waals surface area contributed by atoms with E-state index in [4.69, 9.17) is 16.3 Å². The standard InChI is InChI=1S/C13H9ClF3NO3/c1-20-6-3-4-8-7(5-6)10(14)9(12(19)21-2)11(18-8)13(15,16)17/h3-5H,1-2H3. The van der Waals surface area contributed by atoms with Crippen molar-refractivity contribution in [3.63, 3.8) is 0 Å². The van der Waals surface area contributed by atoms with Gasteiger partial charge in [0.2, 0.25) is 0 Å². The molecule has 0 fully saturated rings. The maximum absolute atomic E-state index is 13.0. The Morgan fingerprint density at radius 1 is 1.29 bits per heavy atom. The average Bonchev–Trinajstić information content (AvgIpc) is 2.45. The van der Waals surface area contributed by atoms with E-state index in [2.05, 4.69) is 9.72 Å². The molecule has 0 atom stereocenters. The first-order valence-electron chi connectivity index (χ1n) is 5.62. The molecule has 0 saturated carbocycles. The largest absolute Gasteiger partial charge is 0.497 e. The first-order valence-corrected chi connectivity index (χ1v) is 6.00. The third kappa shape index (κ3) is 2.73. The van der Waals surface area contributed by atoms with E-state index < -0.39 is 23.4 Å². The monoisotopic (exact) mass is 319 g/mol. The second-order valence-corrected chi connectivity index (χ2v) is 4.40. The third-order valence-electron chi connectivity index (χ3n) is 2.79. The Kier molecular flexibility index (Phi) is 3.95. The molecule has 1 heterocycles. The zero-order valence-electron chi connectivity index (χ0n) is 10.9. The number of esters is 1. The van der Waals surface area contributed by atoms with Gasteiger partial charge in [0, 0.05) is 5.39 Å². The lowest BCUT2D eigenvalue weighted by Gasteiger charge is -2.14. The van der Waals surface area contributed by atoms with E-state index in [1.165, 1.54) is 25.3 Å². The predicted octanol–water partition coefficient (Wildman–Crippen LogP) is 3.70. The Balaban J connectivity index is 2.87. The fourth-order valence-electron chi connectivity index (χ4n) is 1.82. The van der Waals surface area contributed by atoms with Crippen LogP contribution in [0.4, 0.5) is 13.2 Å². The molecule has 0 unspecified atom stereocenters. The molecule has 8 heteroatoms. The Labute approximate surface area is 122 Å². The van der Waals surface area contributed by atoms with Crippen molar-refractivity contribution in [2.75, 3.05) is 14.2 Å². The molecule has 1 aromatic carbocycles. The van der Waals surface area contributed by atoms with Crippen LogP contribution in [0, 0.1) is 0 Å². The quantitative estimate of drug-likeness (QED) is 0.792. The van der Waals surface area contributed by atoms with Gasteiger partial charge in [0.05, 0.1) is 24.8 Å². The highest BCUT2D eigenvalue weighted by atomic mass is 35.5. The van der Waals surface area contributed by atoms with Gasteiger partial charge in [-0.15, -0.1) is 0 Å². The minimum absolute atomic E-state index is 0.000720. The van der Waals surface area contributed by atoms with Gasteiger partial charge in [0.15, 0.2) is 5.69 Å². The van der Waals surface area contributed by atoms with Gasteiger partial charge < -0.3 is 9.47 Å². The highest BCUT2D eigenvalue weighted by molar-refractivity contribution is 6.38. The molecule has 0 aliphatic rings. The van der Waals surface area contributed by atoms with Crippen LogP contribution in [0.1, 0.15) is 16.1 Å². The second-order valence-electron chi connectivity index (χ2n) is 4.02. The number of fused-ring (bicyclic) bond motifs is 1. The molecule has 0 saturated heterocycles. The summed E-state index contributed by atoms with van der Waals surface area (Å²) in [5, 5.41) is -0.206. The van der Waals surface area contributed by atoms with E-state index in [-0.39, 0.29) is 15.9 Å². The molecule has 2 rings (SSSR count). The molecular weight excluding hydrogens is 311 g/mol. The van der Waals surface area contributed by atoms with Crippen LogP contribution < -0.4 is 4.74 Å². The number of rotatable bonds is 2. The van der Waals surface area contributed by atoms with Crippen molar-refractivity contribution in [1.29, 1.82) is 0 Å². The fraction of sp³-hybridized carbons (Fsp3) is 0.231. The zero-order chi connectivity index (χ0) is 15.8. The van der Waals surface area contributed by atoms with Crippen molar-refractivity contribution < 1.29 is 27.4 Å². The van der Waals surface area contributed by atoms with Crippen molar-refractivity contribution >= 4 is 28.5 Å². The van der Waals surface area contributed by atoms with Crippen molar-refractivity contribution in [1.82, 2.24) is 4.98 Å². The molecule has 0 N–H and O–H groups in total. The molecule has 1 aromatic heterocycles. The van der Waals surface area contributed by atoms with E-state index in [0.29, 0.717) is 5.75 Å². The number of halogens is 4. The summed E-state index contributed by atoms with van der Waals surface area (Å²) in [5.74, 6) is -0.827. The summed E-state index contributed by atoms with van der Waals surface area (Å²) in [7, 11) is 2.36. The summed E-state index contributed by atoms with van der Waals surface area (Å²) >= 11 is 5.96. The highest BCUT2D eigenvalue weighted by Gasteiger charge is 2.39. The van der Waals surface area contributed by atoms with Crippen LogP contribution in [-0.4, -0.2) is 25.2 Å². The van der Waals surface area contributed by atoms with E-state index >= 15 is 0 Å². The molecule has 0 spiro atoms. The molecule has 2 aromatic rings. The van der Waals surface area contributed by atoms with E-state index in [1.807, 2.05) is 0 Å². The lowest BCUT2D eigenvalue weighted by molar-refractivity contribution is -0.141. The number of hydrogen-bond donors (Lipinski definition) is 0. The van der Waals surface area contributed by atoms with Crippen LogP contribution in [0.2, 0.25) is 5.02 Å². The minimum atomic E-state index is -4.83. The van der Waals surface area contributed by atoms with Crippen LogP contribution in [0.15, 0.2) is 18.2 Å². The lowest BCUT2D eigenvalue weighted by Crippen LogP contribution is -2.17. The summed E-state index contributed by atoms with van der Waals surface area (Å²) < 4.78 is 48.5. The van der Waals surface area contributed by atoms with Gasteiger partial charge in [0.1, 0.15) is 11.3 Å². The molecule has 4 nitrogen and oxygen atoms in total. The normalized spacial score (nSPS) is 11.5. The van der Waals surface area contributed by atoms with Gasteiger partial charge in [-0.3, -0.25) is 0 Å². The average molecular weight is 320 g/mol. The first kappa shape index (κ1) is 15.4. The van der Waals surface area contributed by atoms with Crippen LogP contribution in [-0.2, 0) is 10.9 Å². The summed E-state index contributed by atoms with van der Waals surface area (Å²) in [5.41, 5.74) is -2.19. The summed E-state index contributed by atoms with van der Waals surface area (Å²) in [6.45, 7) is 0. The van der Waals surface area contributed by atoms with Gasteiger partial charge >= 0.3 is 12.1 Å². The van der Waals surface area contributed by atoms with Gasteiger partial charge in [0.25, 0.3) is 0 Å². The molecule has 0 radical (unpaired) electrons.